The van der Waals surface area contributed by atoms with Crippen molar-refractivity contribution >= 4 is 28.8 Å². The first-order valence-electron chi connectivity index (χ1n) is 8.76. The summed E-state index contributed by atoms with van der Waals surface area (Å²) in [5.41, 5.74) is 3.84. The van der Waals surface area contributed by atoms with Crippen LogP contribution in [-0.4, -0.2) is 46.0 Å². The second-order valence-corrected chi connectivity index (χ2v) is 7.72. The number of alkyl halides is 1. The van der Waals surface area contributed by atoms with Gasteiger partial charge in [-0.05, 0) is 26.2 Å². The van der Waals surface area contributed by atoms with Gasteiger partial charge in [0.15, 0.2) is 11.5 Å². The van der Waals surface area contributed by atoms with Crippen LogP contribution in [0.2, 0.25) is 0 Å². The van der Waals surface area contributed by atoms with Crippen molar-refractivity contribution in [1.29, 1.82) is 0 Å². The number of hydrogen-bond donors (Lipinski definition) is 1. The van der Waals surface area contributed by atoms with Crippen LogP contribution >= 0.6 is 22.9 Å². The van der Waals surface area contributed by atoms with E-state index in [4.69, 9.17) is 11.6 Å². The second kappa shape index (κ2) is 8.21. The molecule has 0 aliphatic carbocycles. The van der Waals surface area contributed by atoms with Crippen LogP contribution in [0.15, 0.2) is 22.4 Å². The Labute approximate surface area is 153 Å². The molecule has 3 rings (SSSR count). The maximum Gasteiger partial charge on any atom is 0.197 e. The quantitative estimate of drug-likeness (QED) is 0.434. The summed E-state index contributed by atoms with van der Waals surface area (Å²) < 4.78 is 0. The molecule has 0 fully saturated rings. The molecule has 1 atom stereocenters. The third-order valence-corrected chi connectivity index (χ3v) is 5.64. The molecule has 0 amide bonds. The number of aryl methyl sites for hydroxylation is 2. The van der Waals surface area contributed by atoms with Crippen LogP contribution < -0.4 is 5.32 Å². The Kier molecular flexibility index (Phi) is 6.00. The minimum absolute atomic E-state index is 0.334. The van der Waals surface area contributed by atoms with E-state index >= 15 is 0 Å². The van der Waals surface area contributed by atoms with Crippen molar-refractivity contribution in [2.24, 2.45) is 4.99 Å². The number of fused-ring (bicyclic) bond motifs is 1. The normalized spacial score (nSPS) is 19.9. The fourth-order valence-electron chi connectivity index (χ4n) is 3.13. The van der Waals surface area contributed by atoms with Crippen molar-refractivity contribution in [2.45, 2.75) is 51.6 Å². The second-order valence-electron chi connectivity index (χ2n) is 6.36. The number of amidine groups is 1. The van der Waals surface area contributed by atoms with Crippen molar-refractivity contribution in [3.8, 4) is 0 Å². The largest absolute Gasteiger partial charge is 0.358 e. The zero-order valence-electron chi connectivity index (χ0n) is 14.5. The van der Waals surface area contributed by atoms with Crippen LogP contribution in [0, 0.1) is 6.92 Å². The molecular weight excluding hydrogens is 342 g/mol. The standard InChI is InChI=1S/C17H26ClN5S/c1-3-4-5-9-23-12-22(10-14-16(23)21-17(18)20-14)8-6-7-15-13(2)19-11-24-15/h10-11,17,20H,3-9,12H2,1-2H3. The fraction of sp³-hybridized carbons (Fsp3) is 0.647. The summed E-state index contributed by atoms with van der Waals surface area (Å²) in [6.07, 6.45) is 8.09. The number of nitrogens with one attached hydrogen (secondary N) is 1. The minimum atomic E-state index is -0.334. The number of nitrogens with zero attached hydrogens (tertiary/aromatic N) is 4. The van der Waals surface area contributed by atoms with Crippen molar-refractivity contribution < 1.29 is 0 Å². The van der Waals surface area contributed by atoms with Crippen LogP contribution in [0.25, 0.3) is 0 Å². The van der Waals surface area contributed by atoms with Gasteiger partial charge in [-0.1, -0.05) is 31.4 Å². The zero-order valence-corrected chi connectivity index (χ0v) is 16.0. The van der Waals surface area contributed by atoms with Gasteiger partial charge in [-0.25, -0.2) is 9.98 Å². The van der Waals surface area contributed by atoms with Gasteiger partial charge in [-0.3, -0.25) is 0 Å². The first-order valence-corrected chi connectivity index (χ1v) is 10.1. The predicted molar refractivity (Wildman–Crippen MR) is 101 cm³/mol. The molecule has 0 saturated heterocycles. The lowest BCUT2D eigenvalue weighted by Gasteiger charge is -2.36. The molecule has 1 aromatic rings. The number of halogens is 1. The Hall–Kier alpha value is -1.27. The van der Waals surface area contributed by atoms with Crippen LogP contribution in [0.3, 0.4) is 0 Å². The summed E-state index contributed by atoms with van der Waals surface area (Å²) >= 11 is 7.92. The highest BCUT2D eigenvalue weighted by molar-refractivity contribution is 7.09. The molecule has 1 N–H and O–H groups in total. The number of aromatic nitrogens is 1. The van der Waals surface area contributed by atoms with Crippen molar-refractivity contribution in [3.63, 3.8) is 0 Å². The highest BCUT2D eigenvalue weighted by Crippen LogP contribution is 2.21. The summed E-state index contributed by atoms with van der Waals surface area (Å²) in [5, 5.41) is 3.25. The van der Waals surface area contributed by atoms with E-state index < -0.39 is 0 Å². The third-order valence-electron chi connectivity index (χ3n) is 4.44. The molecule has 3 heterocycles. The molecule has 1 unspecified atom stereocenters. The molecule has 7 heteroatoms. The Morgan fingerprint density at radius 2 is 2.21 bits per heavy atom. The van der Waals surface area contributed by atoms with E-state index in [1.54, 1.807) is 11.3 Å². The predicted octanol–water partition coefficient (Wildman–Crippen LogP) is 3.51. The molecule has 1 aromatic heterocycles. The summed E-state index contributed by atoms with van der Waals surface area (Å²) in [6, 6.07) is 0. The Morgan fingerprint density at radius 3 is 2.96 bits per heavy atom. The summed E-state index contributed by atoms with van der Waals surface area (Å²) in [4.78, 5) is 15.0. The molecule has 0 saturated carbocycles. The van der Waals surface area contributed by atoms with Gasteiger partial charge in [0.1, 0.15) is 0 Å². The first kappa shape index (κ1) is 17.5. The summed E-state index contributed by atoms with van der Waals surface area (Å²) in [7, 11) is 0. The molecule has 132 valence electrons. The van der Waals surface area contributed by atoms with Gasteiger partial charge in [0, 0.05) is 24.2 Å². The average Bonchev–Trinajstić information content (AvgIpc) is 3.13. The van der Waals surface area contributed by atoms with Gasteiger partial charge < -0.3 is 15.1 Å². The maximum absolute atomic E-state index is 6.16. The molecule has 2 aliphatic rings. The van der Waals surface area contributed by atoms with E-state index in [1.807, 2.05) is 5.51 Å². The molecule has 0 bridgehead atoms. The number of unbranched alkanes of at least 4 members (excludes halogenated alkanes) is 2. The number of rotatable bonds is 8. The van der Waals surface area contributed by atoms with Gasteiger partial charge in [0.2, 0.25) is 0 Å². The molecule has 2 aliphatic heterocycles. The third kappa shape index (κ3) is 4.22. The lowest BCUT2D eigenvalue weighted by atomic mass is 10.2. The van der Waals surface area contributed by atoms with Crippen LogP contribution in [0.1, 0.15) is 43.2 Å². The SMILES string of the molecule is CCCCCN1CN(CCCc2scnc2C)C=C2NC(Cl)N=C21. The van der Waals surface area contributed by atoms with Gasteiger partial charge in [-0.15, -0.1) is 11.3 Å². The van der Waals surface area contributed by atoms with Gasteiger partial charge in [-0.2, -0.15) is 0 Å². The van der Waals surface area contributed by atoms with E-state index in [9.17, 15) is 0 Å². The monoisotopic (exact) mass is 367 g/mol. The number of aliphatic imine (C=N–C) groups is 1. The van der Waals surface area contributed by atoms with E-state index in [-0.39, 0.29) is 5.62 Å². The summed E-state index contributed by atoms with van der Waals surface area (Å²) in [5.74, 6) is 1.03. The molecule has 0 aromatic carbocycles. The Balaban J connectivity index is 1.58. The Morgan fingerprint density at radius 1 is 1.33 bits per heavy atom. The number of thiazole rings is 1. The highest BCUT2D eigenvalue weighted by Gasteiger charge is 2.29. The first-order chi connectivity index (χ1) is 11.7. The molecular formula is C17H26ClN5S. The lowest BCUT2D eigenvalue weighted by Crippen LogP contribution is -2.45. The van der Waals surface area contributed by atoms with Crippen LogP contribution in [0.4, 0.5) is 0 Å². The van der Waals surface area contributed by atoms with E-state index in [1.165, 1.54) is 29.8 Å². The van der Waals surface area contributed by atoms with E-state index in [0.29, 0.717) is 0 Å². The summed E-state index contributed by atoms with van der Waals surface area (Å²) in [6.45, 7) is 7.31. The fourth-order valence-corrected chi connectivity index (χ4v) is 4.17. The van der Waals surface area contributed by atoms with Gasteiger partial charge in [0.25, 0.3) is 0 Å². The molecule has 24 heavy (non-hydrogen) atoms. The smallest absolute Gasteiger partial charge is 0.197 e. The van der Waals surface area contributed by atoms with Crippen LogP contribution in [-0.2, 0) is 6.42 Å². The van der Waals surface area contributed by atoms with Crippen molar-refractivity contribution in [1.82, 2.24) is 20.1 Å². The zero-order chi connectivity index (χ0) is 16.9. The topological polar surface area (TPSA) is 43.8 Å². The van der Waals surface area contributed by atoms with Gasteiger partial charge in [0.05, 0.1) is 23.6 Å². The number of hydrogen-bond acceptors (Lipinski definition) is 6. The maximum atomic E-state index is 6.16. The van der Waals surface area contributed by atoms with Gasteiger partial charge >= 0.3 is 0 Å². The van der Waals surface area contributed by atoms with E-state index in [2.05, 4.69) is 45.1 Å². The van der Waals surface area contributed by atoms with Crippen molar-refractivity contribution in [3.05, 3.63) is 28.0 Å². The van der Waals surface area contributed by atoms with E-state index in [0.717, 1.165) is 44.1 Å². The molecule has 5 nitrogen and oxygen atoms in total. The van der Waals surface area contributed by atoms with Crippen molar-refractivity contribution in [2.75, 3.05) is 19.8 Å². The average molecular weight is 368 g/mol. The highest BCUT2D eigenvalue weighted by atomic mass is 35.5. The lowest BCUT2D eigenvalue weighted by molar-refractivity contribution is 0.230. The Bertz CT molecular complexity index is 612. The minimum Gasteiger partial charge on any atom is -0.358 e. The molecule has 0 spiro atoms. The molecule has 0 radical (unpaired) electrons. The van der Waals surface area contributed by atoms with Crippen LogP contribution in [0.5, 0.6) is 0 Å².